The Kier molecular flexibility index (Phi) is 6.43. The summed E-state index contributed by atoms with van der Waals surface area (Å²) in [5.41, 5.74) is 1.11. The predicted molar refractivity (Wildman–Crippen MR) is 117 cm³/mol. The maximum Gasteiger partial charge on any atom is 0.340 e. The minimum Gasteiger partial charge on any atom is -0.433 e. The van der Waals surface area contributed by atoms with Gasteiger partial charge in [-0.25, -0.2) is 4.79 Å². The third kappa shape index (κ3) is 4.10. The Bertz CT molecular complexity index is 622. The Balaban J connectivity index is 1.56. The van der Waals surface area contributed by atoms with Gasteiger partial charge < -0.3 is 9.47 Å². The summed E-state index contributed by atoms with van der Waals surface area (Å²) >= 11 is 3.62. The van der Waals surface area contributed by atoms with Crippen molar-refractivity contribution in [3.8, 4) is 0 Å². The number of fused-ring (bicyclic) bond motifs is 1. The van der Waals surface area contributed by atoms with E-state index in [-0.39, 0.29) is 11.4 Å². The molecule has 160 valence electrons. The second-order valence-electron chi connectivity index (χ2n) is 11.1. The molecule has 0 radical (unpaired) electrons. The maximum absolute atomic E-state index is 12.4. The molecule has 6 atom stereocenters. The van der Waals surface area contributed by atoms with E-state index in [0.29, 0.717) is 11.3 Å². The number of hydrogen-bond donors (Lipinski definition) is 0. The summed E-state index contributed by atoms with van der Waals surface area (Å²) < 4.78 is 11.6. The average Bonchev–Trinajstić information content (AvgIpc) is 3.11. The highest BCUT2D eigenvalue weighted by molar-refractivity contribution is 9.11. The standard InChI is InChI=1S/C24H39BrO3/c1-16(18-11-12-19-17(15-25)10-8-13-23(18,19)5)9-7-14-24(6)20(26)27-21(28-24)22(2,3)4/h15-16,18-19,21H,7-14H2,1-6H3/b17-15+/t16-,18-,19?,21+,23-,24+/m1/s1. The Labute approximate surface area is 180 Å². The molecule has 28 heavy (non-hydrogen) atoms. The molecule has 0 aromatic rings. The maximum atomic E-state index is 12.4. The number of hydrogen-bond acceptors (Lipinski definition) is 3. The number of halogens is 1. The number of ether oxygens (including phenoxy) is 2. The van der Waals surface area contributed by atoms with Crippen molar-refractivity contribution in [2.24, 2.45) is 28.6 Å². The van der Waals surface area contributed by atoms with Gasteiger partial charge in [0, 0.05) is 5.41 Å². The number of carbonyl (C=O) groups is 1. The fourth-order valence-electron chi connectivity index (χ4n) is 6.15. The minimum atomic E-state index is -0.781. The molecule has 0 aromatic heterocycles. The van der Waals surface area contributed by atoms with Crippen molar-refractivity contribution < 1.29 is 14.3 Å². The summed E-state index contributed by atoms with van der Waals surface area (Å²) in [6, 6.07) is 0. The second-order valence-corrected chi connectivity index (χ2v) is 11.6. The lowest BCUT2D eigenvalue weighted by Crippen LogP contribution is -2.36. The number of rotatable bonds is 5. The summed E-state index contributed by atoms with van der Waals surface area (Å²) in [4.78, 5) is 14.6. The normalized spacial score (nSPS) is 41.2. The van der Waals surface area contributed by atoms with Gasteiger partial charge in [0.15, 0.2) is 5.60 Å². The van der Waals surface area contributed by atoms with E-state index in [4.69, 9.17) is 9.47 Å². The molecule has 3 fully saturated rings. The lowest BCUT2D eigenvalue weighted by atomic mass is 9.61. The molecule has 2 saturated carbocycles. The minimum absolute atomic E-state index is 0.185. The molecule has 4 heteroatoms. The van der Waals surface area contributed by atoms with Crippen LogP contribution in [0.2, 0.25) is 0 Å². The van der Waals surface area contributed by atoms with Crippen LogP contribution in [0.5, 0.6) is 0 Å². The van der Waals surface area contributed by atoms with Gasteiger partial charge in [-0.15, -0.1) is 0 Å². The van der Waals surface area contributed by atoms with Crippen molar-refractivity contribution >= 4 is 21.9 Å². The summed E-state index contributed by atoms with van der Waals surface area (Å²) in [5, 5.41) is 0. The van der Waals surface area contributed by atoms with Crippen LogP contribution in [0.4, 0.5) is 0 Å². The van der Waals surface area contributed by atoms with Gasteiger partial charge in [-0.3, -0.25) is 0 Å². The first-order valence-corrected chi connectivity index (χ1v) is 12.1. The van der Waals surface area contributed by atoms with Crippen LogP contribution >= 0.6 is 15.9 Å². The monoisotopic (exact) mass is 454 g/mol. The lowest BCUT2D eigenvalue weighted by molar-refractivity contribution is -0.155. The molecule has 1 heterocycles. The zero-order chi connectivity index (χ0) is 20.7. The molecule has 0 bridgehead atoms. The Hall–Kier alpha value is -0.350. The van der Waals surface area contributed by atoms with Gasteiger partial charge in [0.25, 0.3) is 0 Å². The molecule has 1 saturated heterocycles. The molecule has 0 amide bonds. The summed E-state index contributed by atoms with van der Waals surface area (Å²) in [7, 11) is 0. The van der Waals surface area contributed by atoms with E-state index in [0.717, 1.165) is 31.1 Å². The van der Waals surface area contributed by atoms with E-state index in [9.17, 15) is 4.79 Å². The van der Waals surface area contributed by atoms with E-state index < -0.39 is 11.9 Å². The SMILES string of the molecule is C[C@H](CCC[C@]1(C)O[C@@H](C(C)(C)C)OC1=O)[C@H]1CCC2/C(=C/Br)CCC[C@@]21C. The van der Waals surface area contributed by atoms with E-state index in [1.165, 1.54) is 32.1 Å². The third-order valence-electron chi connectivity index (χ3n) is 7.90. The van der Waals surface area contributed by atoms with E-state index in [1.54, 1.807) is 5.57 Å². The van der Waals surface area contributed by atoms with Gasteiger partial charge in [0.2, 0.25) is 6.29 Å². The van der Waals surface area contributed by atoms with Crippen LogP contribution in [0, 0.1) is 28.6 Å². The molecule has 3 nitrogen and oxygen atoms in total. The van der Waals surface area contributed by atoms with Gasteiger partial charge in [0.05, 0.1) is 0 Å². The van der Waals surface area contributed by atoms with Crippen LogP contribution in [0.15, 0.2) is 10.6 Å². The molecule has 0 N–H and O–H groups in total. The van der Waals surface area contributed by atoms with Gasteiger partial charge in [-0.05, 0) is 80.0 Å². The van der Waals surface area contributed by atoms with Crippen LogP contribution in [0.1, 0.15) is 92.9 Å². The average molecular weight is 455 g/mol. The van der Waals surface area contributed by atoms with Crippen molar-refractivity contribution in [1.29, 1.82) is 0 Å². The molecular weight excluding hydrogens is 416 g/mol. The molecular formula is C24H39BrO3. The second kappa shape index (κ2) is 8.06. The molecule has 3 aliphatic rings. The molecule has 1 aliphatic heterocycles. The summed E-state index contributed by atoms with van der Waals surface area (Å²) in [6.07, 6.45) is 9.11. The highest BCUT2D eigenvalue weighted by Gasteiger charge is 2.52. The van der Waals surface area contributed by atoms with Crippen molar-refractivity contribution in [2.75, 3.05) is 0 Å². The van der Waals surface area contributed by atoms with Crippen molar-refractivity contribution in [2.45, 2.75) is 105 Å². The van der Waals surface area contributed by atoms with Gasteiger partial charge in [0.1, 0.15) is 0 Å². The van der Waals surface area contributed by atoms with Crippen LogP contribution < -0.4 is 0 Å². The number of carbonyl (C=O) groups excluding carboxylic acids is 1. The molecule has 1 unspecified atom stereocenters. The summed E-state index contributed by atoms with van der Waals surface area (Å²) in [5.74, 6) is 2.04. The zero-order valence-corrected chi connectivity index (χ0v) is 20.2. The van der Waals surface area contributed by atoms with Crippen LogP contribution in [0.3, 0.4) is 0 Å². The highest BCUT2D eigenvalue weighted by atomic mass is 79.9. The van der Waals surface area contributed by atoms with E-state index in [1.807, 2.05) is 6.92 Å². The Morgan fingerprint density at radius 1 is 1.29 bits per heavy atom. The highest BCUT2D eigenvalue weighted by Crippen LogP contribution is 2.60. The number of esters is 1. The Morgan fingerprint density at radius 2 is 2.00 bits per heavy atom. The predicted octanol–water partition coefficient (Wildman–Crippen LogP) is 6.99. The van der Waals surface area contributed by atoms with Gasteiger partial charge >= 0.3 is 5.97 Å². The molecule has 3 rings (SSSR count). The summed E-state index contributed by atoms with van der Waals surface area (Å²) in [6.45, 7) is 13.0. The first-order chi connectivity index (χ1) is 13.0. The smallest absolute Gasteiger partial charge is 0.340 e. The first kappa shape index (κ1) is 22.3. The van der Waals surface area contributed by atoms with Crippen LogP contribution in [0.25, 0.3) is 0 Å². The Morgan fingerprint density at radius 3 is 2.61 bits per heavy atom. The fourth-order valence-corrected chi connectivity index (χ4v) is 6.70. The van der Waals surface area contributed by atoms with Crippen LogP contribution in [-0.2, 0) is 14.3 Å². The topological polar surface area (TPSA) is 35.5 Å². The van der Waals surface area contributed by atoms with Gasteiger partial charge in [-0.2, -0.15) is 0 Å². The lowest BCUT2D eigenvalue weighted by Gasteiger charge is -2.44. The number of cyclic esters (lactones) is 1. The largest absolute Gasteiger partial charge is 0.433 e. The molecule has 2 aliphatic carbocycles. The zero-order valence-electron chi connectivity index (χ0n) is 18.6. The van der Waals surface area contributed by atoms with Crippen molar-refractivity contribution in [3.63, 3.8) is 0 Å². The van der Waals surface area contributed by atoms with Crippen LogP contribution in [-0.4, -0.2) is 17.9 Å². The van der Waals surface area contributed by atoms with E-state index >= 15 is 0 Å². The van der Waals surface area contributed by atoms with Crippen molar-refractivity contribution in [3.05, 3.63) is 10.6 Å². The van der Waals surface area contributed by atoms with Crippen molar-refractivity contribution in [1.82, 2.24) is 0 Å². The fraction of sp³-hybridized carbons (Fsp3) is 0.875. The molecule has 0 spiro atoms. The van der Waals surface area contributed by atoms with Gasteiger partial charge in [-0.1, -0.05) is 62.5 Å². The third-order valence-corrected chi connectivity index (χ3v) is 8.49. The first-order valence-electron chi connectivity index (χ1n) is 11.2. The number of allylic oxidation sites excluding steroid dienone is 1. The quantitative estimate of drug-likeness (QED) is 0.419. The van der Waals surface area contributed by atoms with E-state index in [2.05, 4.69) is 55.5 Å². The molecule has 0 aromatic carbocycles.